The van der Waals surface area contributed by atoms with Gasteiger partial charge in [-0.2, -0.15) is 0 Å². The molecule has 24 heavy (non-hydrogen) atoms. The smallest absolute Gasteiger partial charge is 0.396 e. The number of carbonyl (C=O) groups is 4. The molecule has 1 unspecified atom stereocenters. The standard InChI is InChI=1S/C16H19NO7/c1-23-16(22)15(21)17-12(9-13(18)19)10-14(20)24-8-7-11-5-3-2-4-6-11/h2-6,12H,7-10H2,1H3,(H,17,21)(H,18,19). The molecule has 8 nitrogen and oxygen atoms in total. The zero-order chi connectivity index (χ0) is 17.9. The number of hydrogen-bond acceptors (Lipinski definition) is 6. The zero-order valence-electron chi connectivity index (χ0n) is 13.2. The third-order valence-corrected chi connectivity index (χ3v) is 3.04. The number of methoxy groups -OCH3 is 1. The molecule has 0 spiro atoms. The molecule has 0 saturated heterocycles. The second-order valence-corrected chi connectivity index (χ2v) is 4.92. The summed E-state index contributed by atoms with van der Waals surface area (Å²) < 4.78 is 9.25. The fraction of sp³-hybridized carbons (Fsp3) is 0.375. The van der Waals surface area contributed by atoms with Gasteiger partial charge in [-0.05, 0) is 5.56 Å². The quantitative estimate of drug-likeness (QED) is 0.517. The van der Waals surface area contributed by atoms with Crippen LogP contribution in [0, 0.1) is 0 Å². The van der Waals surface area contributed by atoms with Crippen LogP contribution in [0.4, 0.5) is 0 Å². The van der Waals surface area contributed by atoms with E-state index in [4.69, 9.17) is 9.84 Å². The van der Waals surface area contributed by atoms with E-state index in [0.717, 1.165) is 12.7 Å². The van der Waals surface area contributed by atoms with Crippen LogP contribution < -0.4 is 5.32 Å². The van der Waals surface area contributed by atoms with Crippen LogP contribution in [0.2, 0.25) is 0 Å². The third kappa shape index (κ3) is 7.39. The summed E-state index contributed by atoms with van der Waals surface area (Å²) >= 11 is 0. The van der Waals surface area contributed by atoms with Gasteiger partial charge >= 0.3 is 23.8 Å². The first kappa shape index (κ1) is 19.1. The Hall–Kier alpha value is -2.90. The molecule has 0 saturated carbocycles. The monoisotopic (exact) mass is 337 g/mol. The van der Waals surface area contributed by atoms with Gasteiger partial charge in [0.05, 0.1) is 32.6 Å². The summed E-state index contributed by atoms with van der Waals surface area (Å²) in [5.41, 5.74) is 0.992. The van der Waals surface area contributed by atoms with Crippen LogP contribution >= 0.6 is 0 Å². The van der Waals surface area contributed by atoms with Gasteiger partial charge in [0.1, 0.15) is 0 Å². The molecule has 0 aliphatic rings. The lowest BCUT2D eigenvalue weighted by molar-refractivity contribution is -0.154. The van der Waals surface area contributed by atoms with Crippen LogP contribution in [0.3, 0.4) is 0 Å². The highest BCUT2D eigenvalue weighted by Gasteiger charge is 2.24. The number of nitrogens with one attached hydrogen (secondary N) is 1. The van der Waals surface area contributed by atoms with Crippen molar-refractivity contribution >= 4 is 23.8 Å². The van der Waals surface area contributed by atoms with E-state index in [2.05, 4.69) is 10.1 Å². The molecular formula is C16H19NO7. The Morgan fingerprint density at radius 1 is 1.12 bits per heavy atom. The van der Waals surface area contributed by atoms with Crippen molar-refractivity contribution in [2.24, 2.45) is 0 Å². The highest BCUT2D eigenvalue weighted by molar-refractivity contribution is 6.32. The van der Waals surface area contributed by atoms with Crippen molar-refractivity contribution in [3.8, 4) is 0 Å². The Kier molecular flexibility index (Phi) is 7.97. The number of hydrogen-bond donors (Lipinski definition) is 2. The molecule has 0 aliphatic carbocycles. The van der Waals surface area contributed by atoms with Gasteiger partial charge in [-0.1, -0.05) is 30.3 Å². The van der Waals surface area contributed by atoms with Crippen molar-refractivity contribution in [2.45, 2.75) is 25.3 Å². The third-order valence-electron chi connectivity index (χ3n) is 3.04. The summed E-state index contributed by atoms with van der Waals surface area (Å²) in [6, 6.07) is 8.31. The van der Waals surface area contributed by atoms with Crippen LogP contribution in [0.15, 0.2) is 30.3 Å². The number of carboxylic acid groups (broad SMARTS) is 1. The topological polar surface area (TPSA) is 119 Å². The minimum atomic E-state index is -1.22. The summed E-state index contributed by atoms with van der Waals surface area (Å²) in [5.74, 6) is -4.16. The van der Waals surface area contributed by atoms with E-state index in [0.29, 0.717) is 6.42 Å². The number of amides is 1. The maximum absolute atomic E-state index is 11.8. The number of ether oxygens (including phenoxy) is 2. The van der Waals surface area contributed by atoms with Crippen molar-refractivity contribution in [3.05, 3.63) is 35.9 Å². The largest absolute Gasteiger partial charge is 0.481 e. The lowest BCUT2D eigenvalue weighted by atomic mass is 10.1. The molecule has 1 rings (SSSR count). The predicted molar refractivity (Wildman–Crippen MR) is 81.9 cm³/mol. The first-order chi connectivity index (χ1) is 11.4. The van der Waals surface area contributed by atoms with E-state index in [1.54, 1.807) is 0 Å². The molecule has 1 aromatic carbocycles. The molecule has 1 atom stereocenters. The SMILES string of the molecule is COC(=O)C(=O)NC(CC(=O)O)CC(=O)OCCc1ccccc1. The molecule has 0 heterocycles. The predicted octanol–water partition coefficient (Wildman–Crippen LogP) is 0.295. The molecule has 130 valence electrons. The normalized spacial score (nSPS) is 11.2. The van der Waals surface area contributed by atoms with Gasteiger partial charge in [0.2, 0.25) is 0 Å². The molecular weight excluding hydrogens is 318 g/mol. The summed E-state index contributed by atoms with van der Waals surface area (Å²) in [7, 11) is 1.02. The Morgan fingerprint density at radius 2 is 1.79 bits per heavy atom. The molecule has 0 aromatic heterocycles. The second kappa shape index (κ2) is 9.98. The minimum absolute atomic E-state index is 0.133. The highest BCUT2D eigenvalue weighted by atomic mass is 16.5. The lowest BCUT2D eigenvalue weighted by Gasteiger charge is -2.15. The van der Waals surface area contributed by atoms with Crippen molar-refractivity contribution in [1.82, 2.24) is 5.32 Å². The summed E-state index contributed by atoms with van der Waals surface area (Å²) in [6.07, 6.45) is -0.356. The number of rotatable bonds is 8. The van der Waals surface area contributed by atoms with Gasteiger partial charge in [-0.3, -0.25) is 14.4 Å². The van der Waals surface area contributed by atoms with Gasteiger partial charge in [0, 0.05) is 6.42 Å². The van der Waals surface area contributed by atoms with Crippen LogP contribution in [-0.2, 0) is 35.1 Å². The van der Waals surface area contributed by atoms with Gasteiger partial charge in [0.25, 0.3) is 0 Å². The Morgan fingerprint density at radius 3 is 2.38 bits per heavy atom. The summed E-state index contributed by atoms with van der Waals surface area (Å²) in [5, 5.41) is 11.0. The average molecular weight is 337 g/mol. The molecule has 1 amide bonds. The average Bonchev–Trinajstić information content (AvgIpc) is 2.54. The van der Waals surface area contributed by atoms with Crippen LogP contribution in [0.1, 0.15) is 18.4 Å². The van der Waals surface area contributed by atoms with Crippen LogP contribution in [0.5, 0.6) is 0 Å². The minimum Gasteiger partial charge on any atom is -0.481 e. The summed E-state index contributed by atoms with van der Waals surface area (Å²) in [6.45, 7) is 0.133. The molecule has 0 radical (unpaired) electrons. The first-order valence-corrected chi connectivity index (χ1v) is 7.22. The van der Waals surface area contributed by atoms with Crippen molar-refractivity contribution in [1.29, 1.82) is 0 Å². The van der Waals surface area contributed by atoms with E-state index < -0.39 is 36.3 Å². The zero-order valence-corrected chi connectivity index (χ0v) is 13.2. The molecule has 0 aliphatic heterocycles. The molecule has 8 heteroatoms. The Labute approximate surface area is 138 Å². The maximum Gasteiger partial charge on any atom is 0.396 e. The first-order valence-electron chi connectivity index (χ1n) is 7.22. The van der Waals surface area contributed by atoms with Crippen molar-refractivity contribution < 1.29 is 33.8 Å². The van der Waals surface area contributed by atoms with E-state index in [1.165, 1.54) is 0 Å². The molecule has 0 bridgehead atoms. The van der Waals surface area contributed by atoms with Gasteiger partial charge in [-0.15, -0.1) is 0 Å². The Balaban J connectivity index is 2.46. The lowest BCUT2D eigenvalue weighted by Crippen LogP contribution is -2.42. The maximum atomic E-state index is 11.8. The van der Waals surface area contributed by atoms with E-state index in [1.807, 2.05) is 30.3 Å². The summed E-state index contributed by atoms with van der Waals surface area (Å²) in [4.78, 5) is 45.0. The van der Waals surface area contributed by atoms with Crippen molar-refractivity contribution in [3.63, 3.8) is 0 Å². The number of aliphatic carboxylic acids is 1. The highest BCUT2D eigenvalue weighted by Crippen LogP contribution is 2.04. The van der Waals surface area contributed by atoms with Gasteiger partial charge in [0.15, 0.2) is 0 Å². The number of benzene rings is 1. The van der Waals surface area contributed by atoms with Crippen molar-refractivity contribution in [2.75, 3.05) is 13.7 Å². The fourth-order valence-electron chi connectivity index (χ4n) is 1.91. The molecule has 1 aromatic rings. The number of carboxylic acids is 1. The van der Waals surface area contributed by atoms with E-state index in [9.17, 15) is 19.2 Å². The molecule has 0 fully saturated rings. The number of esters is 2. The molecule has 2 N–H and O–H groups in total. The van der Waals surface area contributed by atoms with Gasteiger partial charge in [-0.25, -0.2) is 4.79 Å². The van der Waals surface area contributed by atoms with Gasteiger partial charge < -0.3 is 19.9 Å². The van der Waals surface area contributed by atoms with Crippen LogP contribution in [0.25, 0.3) is 0 Å². The van der Waals surface area contributed by atoms with E-state index >= 15 is 0 Å². The van der Waals surface area contributed by atoms with E-state index in [-0.39, 0.29) is 13.0 Å². The fourth-order valence-corrected chi connectivity index (χ4v) is 1.91. The number of carbonyl (C=O) groups excluding carboxylic acids is 3. The second-order valence-electron chi connectivity index (χ2n) is 4.92. The van der Waals surface area contributed by atoms with Crippen LogP contribution in [-0.4, -0.2) is 48.7 Å². The Bertz CT molecular complexity index is 585.